The molecular weight excluding hydrogens is 479 g/mol. The van der Waals surface area contributed by atoms with Crippen molar-refractivity contribution < 1.29 is 4.79 Å². The molecule has 2 N–H and O–H groups in total. The van der Waals surface area contributed by atoms with E-state index in [-0.39, 0.29) is 12.5 Å². The highest BCUT2D eigenvalue weighted by atomic mass is 35.5. The standard InChI is InChI=1S/C23H18Cl2N6OS/c1-26-20-17-19(31(2)11-28-17)18-23(30-20)33-22(29-18)13-5-3-4-12(8-13)21(32)27-10-14-9-15(24)6-7-16(14)25/h3-9,11H,10H2,1-2H3,(H,26,30)(H,27,32). The number of hydrogen-bond acceptors (Lipinski definition) is 6. The van der Waals surface area contributed by atoms with Crippen molar-refractivity contribution in [1.29, 1.82) is 0 Å². The topological polar surface area (TPSA) is 84.7 Å². The lowest BCUT2D eigenvalue weighted by atomic mass is 10.1. The number of thiazole rings is 1. The molecule has 5 rings (SSSR count). The molecule has 0 aliphatic rings. The molecule has 1 amide bonds. The third-order valence-corrected chi connectivity index (χ3v) is 6.87. The second-order valence-electron chi connectivity index (χ2n) is 7.44. The lowest BCUT2D eigenvalue weighted by Gasteiger charge is -2.08. The summed E-state index contributed by atoms with van der Waals surface area (Å²) in [6, 6.07) is 12.5. The van der Waals surface area contributed by atoms with E-state index >= 15 is 0 Å². The SMILES string of the molecule is CNc1nc2sc(-c3cccc(C(=O)NCc4cc(Cl)ccc4Cl)c3)nc2c2c1ncn2C. The highest BCUT2D eigenvalue weighted by Crippen LogP contribution is 2.35. The van der Waals surface area contributed by atoms with Crippen molar-refractivity contribution in [3.63, 3.8) is 0 Å². The number of hydrogen-bond donors (Lipinski definition) is 2. The van der Waals surface area contributed by atoms with Crippen molar-refractivity contribution in [2.24, 2.45) is 7.05 Å². The number of fused-ring (bicyclic) bond motifs is 3. The molecule has 166 valence electrons. The van der Waals surface area contributed by atoms with Gasteiger partial charge in [0.05, 0.1) is 6.33 Å². The van der Waals surface area contributed by atoms with E-state index in [9.17, 15) is 4.79 Å². The third-order valence-electron chi connectivity index (χ3n) is 5.26. The van der Waals surface area contributed by atoms with Crippen LogP contribution in [0.4, 0.5) is 5.82 Å². The molecule has 0 fully saturated rings. The minimum absolute atomic E-state index is 0.210. The summed E-state index contributed by atoms with van der Waals surface area (Å²) in [5.41, 5.74) is 4.60. The highest BCUT2D eigenvalue weighted by molar-refractivity contribution is 7.21. The van der Waals surface area contributed by atoms with Gasteiger partial charge in [-0.25, -0.2) is 15.0 Å². The molecule has 0 atom stereocenters. The van der Waals surface area contributed by atoms with Crippen LogP contribution in [-0.4, -0.2) is 32.5 Å². The second kappa shape index (κ2) is 8.62. The van der Waals surface area contributed by atoms with Gasteiger partial charge in [-0.2, -0.15) is 0 Å². The zero-order valence-electron chi connectivity index (χ0n) is 17.7. The number of amides is 1. The summed E-state index contributed by atoms with van der Waals surface area (Å²) >= 11 is 13.7. The number of nitrogens with one attached hydrogen (secondary N) is 2. The maximum absolute atomic E-state index is 12.8. The maximum Gasteiger partial charge on any atom is 0.251 e. The van der Waals surface area contributed by atoms with E-state index < -0.39 is 0 Å². The van der Waals surface area contributed by atoms with Crippen LogP contribution in [0.15, 0.2) is 48.8 Å². The summed E-state index contributed by atoms with van der Waals surface area (Å²) in [7, 11) is 3.76. The Bertz CT molecular complexity index is 1530. The van der Waals surface area contributed by atoms with Gasteiger partial charge >= 0.3 is 0 Å². The van der Waals surface area contributed by atoms with Crippen LogP contribution >= 0.6 is 34.5 Å². The molecule has 3 heterocycles. The molecule has 33 heavy (non-hydrogen) atoms. The van der Waals surface area contributed by atoms with Gasteiger partial charge in [0.2, 0.25) is 0 Å². The Labute approximate surface area is 203 Å². The van der Waals surface area contributed by atoms with Crippen LogP contribution in [0.25, 0.3) is 32.0 Å². The van der Waals surface area contributed by atoms with Crippen LogP contribution in [0.5, 0.6) is 0 Å². The Morgan fingerprint density at radius 1 is 1.12 bits per heavy atom. The average Bonchev–Trinajstić information content (AvgIpc) is 3.42. The summed E-state index contributed by atoms with van der Waals surface area (Å²) in [5.74, 6) is 0.500. The Balaban J connectivity index is 1.46. The number of nitrogens with zero attached hydrogens (tertiary/aromatic N) is 4. The van der Waals surface area contributed by atoms with E-state index in [1.54, 1.807) is 30.6 Å². The molecule has 5 aromatic rings. The van der Waals surface area contributed by atoms with Gasteiger partial charge in [-0.05, 0) is 35.9 Å². The van der Waals surface area contributed by atoms with Crippen LogP contribution in [0.3, 0.4) is 0 Å². The minimum atomic E-state index is -0.210. The van der Waals surface area contributed by atoms with E-state index in [0.717, 1.165) is 37.5 Å². The Morgan fingerprint density at radius 2 is 1.97 bits per heavy atom. The van der Waals surface area contributed by atoms with Crippen molar-refractivity contribution in [1.82, 2.24) is 24.8 Å². The van der Waals surface area contributed by atoms with Gasteiger partial charge in [0, 0.05) is 41.8 Å². The monoisotopic (exact) mass is 496 g/mol. The molecule has 0 saturated heterocycles. The van der Waals surface area contributed by atoms with E-state index in [1.807, 2.05) is 36.9 Å². The first kappa shape index (κ1) is 21.6. The number of pyridine rings is 1. The minimum Gasteiger partial charge on any atom is -0.371 e. The van der Waals surface area contributed by atoms with Crippen LogP contribution in [-0.2, 0) is 13.6 Å². The smallest absolute Gasteiger partial charge is 0.251 e. The van der Waals surface area contributed by atoms with Gasteiger partial charge in [-0.15, -0.1) is 0 Å². The molecule has 2 aromatic carbocycles. The molecule has 0 spiro atoms. The van der Waals surface area contributed by atoms with Gasteiger partial charge in [-0.1, -0.05) is 46.7 Å². The lowest BCUT2D eigenvalue weighted by molar-refractivity contribution is 0.0951. The number of rotatable bonds is 5. The molecule has 7 nitrogen and oxygen atoms in total. The first-order chi connectivity index (χ1) is 15.9. The van der Waals surface area contributed by atoms with Crippen LogP contribution < -0.4 is 10.6 Å². The van der Waals surface area contributed by atoms with Crippen molar-refractivity contribution in [3.8, 4) is 10.6 Å². The van der Waals surface area contributed by atoms with Crippen molar-refractivity contribution in [3.05, 3.63) is 70.0 Å². The number of aromatic nitrogens is 4. The van der Waals surface area contributed by atoms with Gasteiger partial charge in [0.25, 0.3) is 5.91 Å². The van der Waals surface area contributed by atoms with Gasteiger partial charge in [0.1, 0.15) is 26.4 Å². The van der Waals surface area contributed by atoms with Gasteiger partial charge in [-0.3, -0.25) is 4.79 Å². The normalized spacial score (nSPS) is 11.3. The first-order valence-corrected chi connectivity index (χ1v) is 11.6. The fourth-order valence-corrected chi connectivity index (χ4v) is 4.95. The summed E-state index contributed by atoms with van der Waals surface area (Å²) in [4.78, 5) is 27.6. The zero-order valence-corrected chi connectivity index (χ0v) is 20.0. The predicted octanol–water partition coefficient (Wildman–Crippen LogP) is 5.52. The fraction of sp³-hybridized carbons (Fsp3) is 0.130. The Morgan fingerprint density at radius 3 is 2.79 bits per heavy atom. The molecule has 0 saturated carbocycles. The molecule has 0 radical (unpaired) electrons. The van der Waals surface area contributed by atoms with Gasteiger partial charge < -0.3 is 15.2 Å². The Kier molecular flexibility index (Phi) is 5.65. The van der Waals surface area contributed by atoms with E-state index in [0.29, 0.717) is 21.4 Å². The van der Waals surface area contributed by atoms with Crippen LogP contribution in [0.2, 0.25) is 10.0 Å². The largest absolute Gasteiger partial charge is 0.371 e. The fourth-order valence-electron chi connectivity index (χ4n) is 3.63. The van der Waals surface area contributed by atoms with Crippen molar-refractivity contribution in [2.45, 2.75) is 6.54 Å². The lowest BCUT2D eigenvalue weighted by Crippen LogP contribution is -2.22. The van der Waals surface area contributed by atoms with Crippen LogP contribution in [0.1, 0.15) is 15.9 Å². The van der Waals surface area contributed by atoms with Crippen LogP contribution in [0, 0.1) is 0 Å². The average molecular weight is 497 g/mol. The van der Waals surface area contributed by atoms with E-state index in [2.05, 4.69) is 20.6 Å². The molecular formula is C23H18Cl2N6OS. The number of halogens is 2. The first-order valence-electron chi connectivity index (χ1n) is 10.1. The molecule has 3 aromatic heterocycles. The highest BCUT2D eigenvalue weighted by Gasteiger charge is 2.18. The van der Waals surface area contributed by atoms with E-state index in [4.69, 9.17) is 28.2 Å². The molecule has 0 bridgehead atoms. The van der Waals surface area contributed by atoms with E-state index in [1.165, 1.54) is 11.3 Å². The number of imidazole rings is 1. The predicted molar refractivity (Wildman–Crippen MR) is 134 cm³/mol. The maximum atomic E-state index is 12.8. The summed E-state index contributed by atoms with van der Waals surface area (Å²) < 4.78 is 1.94. The Hall–Kier alpha value is -3.20. The summed E-state index contributed by atoms with van der Waals surface area (Å²) in [6.07, 6.45) is 1.75. The quantitative estimate of drug-likeness (QED) is 0.334. The number of aryl methyl sites for hydroxylation is 1. The van der Waals surface area contributed by atoms with Crippen molar-refractivity contribution in [2.75, 3.05) is 12.4 Å². The second-order valence-corrected chi connectivity index (χ2v) is 9.26. The molecule has 0 aliphatic heterocycles. The van der Waals surface area contributed by atoms with Gasteiger partial charge in [0.15, 0.2) is 5.82 Å². The summed E-state index contributed by atoms with van der Waals surface area (Å²) in [6.45, 7) is 0.277. The third kappa shape index (κ3) is 4.01. The number of carbonyl (C=O) groups excluding carboxylic acids is 1. The zero-order chi connectivity index (χ0) is 23.1. The van der Waals surface area contributed by atoms with Crippen molar-refractivity contribution >= 4 is 67.6 Å². The number of benzene rings is 2. The molecule has 0 unspecified atom stereocenters. The molecule has 10 heteroatoms. The number of carbonyl (C=O) groups is 1. The number of anilines is 1. The summed E-state index contributed by atoms with van der Waals surface area (Å²) in [5, 5.41) is 7.91. The molecule has 0 aliphatic carbocycles.